The van der Waals surface area contributed by atoms with Gasteiger partial charge in [0.1, 0.15) is 17.4 Å². The molecule has 1 aliphatic rings. The third kappa shape index (κ3) is 4.98. The minimum atomic E-state index is -0.796. The summed E-state index contributed by atoms with van der Waals surface area (Å²) in [5.74, 6) is 0.951. The molecule has 1 fully saturated rings. The molecule has 142 valence electrons. The molecule has 1 aromatic carbocycles. The van der Waals surface area contributed by atoms with E-state index in [0.29, 0.717) is 42.6 Å². The highest BCUT2D eigenvalue weighted by Gasteiger charge is 2.42. The molecule has 0 unspecified atom stereocenters. The highest BCUT2D eigenvalue weighted by molar-refractivity contribution is 5.98. The molecule has 0 spiro atoms. The van der Waals surface area contributed by atoms with Crippen molar-refractivity contribution in [2.45, 2.75) is 64.9 Å². The summed E-state index contributed by atoms with van der Waals surface area (Å²) in [6.07, 6.45) is 5.55. The quantitative estimate of drug-likeness (QED) is 0.686. The third-order valence-electron chi connectivity index (χ3n) is 4.92. The number of nitriles is 1. The molecule has 2 rings (SSSR count). The zero-order valence-electron chi connectivity index (χ0n) is 16.1. The number of amides is 1. The van der Waals surface area contributed by atoms with Crippen LogP contribution in [0.1, 0.15) is 64.9 Å². The van der Waals surface area contributed by atoms with Crippen LogP contribution in [0.25, 0.3) is 0 Å². The molecule has 1 aliphatic carbocycles. The van der Waals surface area contributed by atoms with Gasteiger partial charge in [0, 0.05) is 6.61 Å². The summed E-state index contributed by atoms with van der Waals surface area (Å²) in [6.45, 7) is 7.29. The lowest BCUT2D eigenvalue weighted by Gasteiger charge is -2.38. The summed E-state index contributed by atoms with van der Waals surface area (Å²) >= 11 is 0. The second-order valence-electron chi connectivity index (χ2n) is 7.10. The molecule has 0 saturated heterocycles. The Morgan fingerprint density at radius 3 is 2.88 bits per heavy atom. The van der Waals surface area contributed by atoms with Crippen LogP contribution in [0.4, 0.5) is 5.69 Å². The maximum atomic E-state index is 13.0. The van der Waals surface area contributed by atoms with Crippen LogP contribution < -0.4 is 10.1 Å². The van der Waals surface area contributed by atoms with Gasteiger partial charge in [-0.1, -0.05) is 26.7 Å². The van der Waals surface area contributed by atoms with Crippen molar-refractivity contribution in [3.8, 4) is 11.8 Å². The Bertz CT molecular complexity index is 649. The summed E-state index contributed by atoms with van der Waals surface area (Å²) < 4.78 is 11.6. The van der Waals surface area contributed by atoms with Gasteiger partial charge < -0.3 is 14.8 Å². The standard InChI is InChI=1S/C21H30N2O3/c1-4-6-12-25-18-9-10-19(17(13-18)15-22)23-20(24)21(26-5-2)11-7-8-16(3)14-21/h9-10,13,16H,4-8,11-12,14H2,1-3H3,(H,23,24)/t16-,21+/m0/s1. The van der Waals surface area contributed by atoms with E-state index in [1.165, 1.54) is 0 Å². The molecule has 0 aromatic heterocycles. The topological polar surface area (TPSA) is 71.3 Å². The van der Waals surface area contributed by atoms with Gasteiger partial charge in [-0.3, -0.25) is 4.79 Å². The van der Waals surface area contributed by atoms with Crippen LogP contribution >= 0.6 is 0 Å². The lowest BCUT2D eigenvalue weighted by Crippen LogP contribution is -2.48. The third-order valence-corrected chi connectivity index (χ3v) is 4.92. The predicted octanol–water partition coefficient (Wildman–Crippen LogP) is 4.66. The van der Waals surface area contributed by atoms with Crippen LogP contribution in [0.2, 0.25) is 0 Å². The highest BCUT2D eigenvalue weighted by atomic mass is 16.5. The Labute approximate surface area is 156 Å². The van der Waals surface area contributed by atoms with Gasteiger partial charge in [-0.15, -0.1) is 0 Å². The molecular weight excluding hydrogens is 328 g/mol. The van der Waals surface area contributed by atoms with E-state index in [2.05, 4.69) is 25.2 Å². The fourth-order valence-electron chi connectivity index (χ4n) is 3.57. The smallest absolute Gasteiger partial charge is 0.256 e. The van der Waals surface area contributed by atoms with E-state index in [9.17, 15) is 10.1 Å². The summed E-state index contributed by atoms with van der Waals surface area (Å²) in [7, 11) is 0. The molecule has 5 heteroatoms. The van der Waals surface area contributed by atoms with Crippen molar-refractivity contribution in [1.82, 2.24) is 0 Å². The molecule has 0 heterocycles. The van der Waals surface area contributed by atoms with Gasteiger partial charge in [0.15, 0.2) is 0 Å². The van der Waals surface area contributed by atoms with Gasteiger partial charge >= 0.3 is 0 Å². The maximum Gasteiger partial charge on any atom is 0.256 e. The number of carbonyl (C=O) groups excluding carboxylic acids is 1. The predicted molar refractivity (Wildman–Crippen MR) is 102 cm³/mol. The van der Waals surface area contributed by atoms with Gasteiger partial charge in [0.05, 0.1) is 17.9 Å². The number of ether oxygens (including phenoxy) is 2. The fraction of sp³-hybridized carbons (Fsp3) is 0.619. The number of benzene rings is 1. The molecule has 1 saturated carbocycles. The first-order valence-corrected chi connectivity index (χ1v) is 9.67. The fourth-order valence-corrected chi connectivity index (χ4v) is 3.57. The van der Waals surface area contributed by atoms with E-state index in [1.54, 1.807) is 18.2 Å². The Hall–Kier alpha value is -2.06. The number of anilines is 1. The lowest BCUT2D eigenvalue weighted by molar-refractivity contribution is -0.147. The van der Waals surface area contributed by atoms with Crippen molar-refractivity contribution < 1.29 is 14.3 Å². The largest absolute Gasteiger partial charge is 0.494 e. The van der Waals surface area contributed by atoms with Gasteiger partial charge in [0.25, 0.3) is 5.91 Å². The van der Waals surface area contributed by atoms with Gasteiger partial charge in [-0.2, -0.15) is 5.26 Å². The van der Waals surface area contributed by atoms with Crippen LogP contribution in [0.3, 0.4) is 0 Å². The Morgan fingerprint density at radius 1 is 1.42 bits per heavy atom. The first-order chi connectivity index (χ1) is 12.5. The number of unbranched alkanes of at least 4 members (excludes halogenated alkanes) is 1. The average Bonchev–Trinajstić information content (AvgIpc) is 2.63. The van der Waals surface area contributed by atoms with Gasteiger partial charge in [-0.05, 0) is 56.7 Å². The molecule has 5 nitrogen and oxygen atoms in total. The van der Waals surface area contributed by atoms with Crippen molar-refractivity contribution >= 4 is 11.6 Å². The van der Waals surface area contributed by atoms with Crippen LogP contribution in [0, 0.1) is 17.2 Å². The van der Waals surface area contributed by atoms with Crippen molar-refractivity contribution in [3.63, 3.8) is 0 Å². The summed E-state index contributed by atoms with van der Waals surface area (Å²) in [5.41, 5.74) is 0.121. The highest BCUT2D eigenvalue weighted by Crippen LogP contribution is 2.36. The first kappa shape index (κ1) is 20.3. The number of hydrogen-bond acceptors (Lipinski definition) is 4. The van der Waals surface area contributed by atoms with Crippen LogP contribution in [0.15, 0.2) is 18.2 Å². The minimum Gasteiger partial charge on any atom is -0.494 e. The summed E-state index contributed by atoms with van der Waals surface area (Å²) in [4.78, 5) is 13.0. The van der Waals surface area contributed by atoms with Crippen molar-refractivity contribution in [2.24, 2.45) is 5.92 Å². The van der Waals surface area contributed by atoms with Crippen LogP contribution in [-0.2, 0) is 9.53 Å². The van der Waals surface area contributed by atoms with E-state index in [0.717, 1.165) is 32.1 Å². The van der Waals surface area contributed by atoms with E-state index >= 15 is 0 Å². The Kier molecular flexibility index (Phi) is 7.47. The SMILES string of the molecule is CCCCOc1ccc(NC(=O)[C@@]2(OCC)CCC[C@H](C)C2)c(C#N)c1. The summed E-state index contributed by atoms with van der Waals surface area (Å²) in [6, 6.07) is 7.37. The molecule has 1 N–H and O–H groups in total. The maximum absolute atomic E-state index is 13.0. The van der Waals surface area contributed by atoms with Crippen molar-refractivity contribution in [2.75, 3.05) is 18.5 Å². The second kappa shape index (κ2) is 9.59. The van der Waals surface area contributed by atoms with E-state index < -0.39 is 5.60 Å². The van der Waals surface area contributed by atoms with Crippen molar-refractivity contribution in [1.29, 1.82) is 5.26 Å². The molecule has 26 heavy (non-hydrogen) atoms. The Morgan fingerprint density at radius 2 is 2.23 bits per heavy atom. The number of nitrogens with one attached hydrogen (secondary N) is 1. The molecule has 1 amide bonds. The molecular formula is C21H30N2O3. The zero-order chi connectivity index (χ0) is 19.0. The van der Waals surface area contributed by atoms with E-state index in [-0.39, 0.29) is 5.91 Å². The van der Waals surface area contributed by atoms with Crippen molar-refractivity contribution in [3.05, 3.63) is 23.8 Å². The molecule has 1 aromatic rings. The van der Waals surface area contributed by atoms with Gasteiger partial charge in [-0.25, -0.2) is 0 Å². The summed E-state index contributed by atoms with van der Waals surface area (Å²) in [5, 5.41) is 12.4. The number of nitrogens with zero attached hydrogens (tertiary/aromatic N) is 1. The second-order valence-corrected chi connectivity index (χ2v) is 7.10. The molecule has 0 bridgehead atoms. The number of hydrogen-bond donors (Lipinski definition) is 1. The molecule has 0 radical (unpaired) electrons. The number of carbonyl (C=O) groups is 1. The Balaban J connectivity index is 2.15. The lowest BCUT2D eigenvalue weighted by atomic mass is 9.78. The molecule has 0 aliphatic heterocycles. The van der Waals surface area contributed by atoms with E-state index in [4.69, 9.17) is 9.47 Å². The minimum absolute atomic E-state index is 0.151. The van der Waals surface area contributed by atoms with Crippen LogP contribution in [-0.4, -0.2) is 24.7 Å². The van der Waals surface area contributed by atoms with Gasteiger partial charge in [0.2, 0.25) is 0 Å². The average molecular weight is 358 g/mol. The van der Waals surface area contributed by atoms with Crippen LogP contribution in [0.5, 0.6) is 5.75 Å². The first-order valence-electron chi connectivity index (χ1n) is 9.67. The number of rotatable bonds is 8. The monoisotopic (exact) mass is 358 g/mol. The normalized spacial score (nSPS) is 22.5. The van der Waals surface area contributed by atoms with E-state index in [1.807, 2.05) is 6.92 Å². The zero-order valence-corrected chi connectivity index (χ0v) is 16.1. The molecule has 2 atom stereocenters.